The molecule has 1 atom stereocenters. The SMILES string of the molecule is CN=C(NCCN1CCCCC1C)NC(C)(C)C.I. The van der Waals surface area contributed by atoms with Crippen LogP contribution in [0.1, 0.15) is 47.0 Å². The molecule has 1 aliphatic rings. The van der Waals surface area contributed by atoms with Gasteiger partial charge in [-0.25, -0.2) is 0 Å². The van der Waals surface area contributed by atoms with Crippen molar-refractivity contribution in [2.45, 2.75) is 58.5 Å². The van der Waals surface area contributed by atoms with E-state index in [-0.39, 0.29) is 29.5 Å². The van der Waals surface area contributed by atoms with E-state index in [0.717, 1.165) is 25.1 Å². The predicted octanol–water partition coefficient (Wildman–Crippen LogP) is 2.44. The van der Waals surface area contributed by atoms with Crippen molar-refractivity contribution in [3.63, 3.8) is 0 Å². The Morgan fingerprint density at radius 1 is 1.32 bits per heavy atom. The fourth-order valence-electron chi connectivity index (χ4n) is 2.34. The normalized spacial score (nSPS) is 21.7. The van der Waals surface area contributed by atoms with E-state index in [1.165, 1.54) is 25.8 Å². The van der Waals surface area contributed by atoms with Crippen LogP contribution in [0.2, 0.25) is 0 Å². The van der Waals surface area contributed by atoms with Crippen molar-refractivity contribution in [3.05, 3.63) is 0 Å². The molecule has 1 rings (SSSR count). The zero-order chi connectivity index (χ0) is 13.6. The molecule has 114 valence electrons. The van der Waals surface area contributed by atoms with Gasteiger partial charge in [-0.05, 0) is 47.1 Å². The Hall–Kier alpha value is -0.0400. The summed E-state index contributed by atoms with van der Waals surface area (Å²) in [5.41, 5.74) is 0.0558. The quantitative estimate of drug-likeness (QED) is 0.448. The maximum absolute atomic E-state index is 4.25. The van der Waals surface area contributed by atoms with Gasteiger partial charge in [-0.2, -0.15) is 0 Å². The largest absolute Gasteiger partial charge is 0.355 e. The lowest BCUT2D eigenvalue weighted by molar-refractivity contribution is 0.163. The summed E-state index contributed by atoms with van der Waals surface area (Å²) >= 11 is 0. The Morgan fingerprint density at radius 2 is 2.00 bits per heavy atom. The van der Waals surface area contributed by atoms with Crippen LogP contribution in [0, 0.1) is 0 Å². The molecule has 0 amide bonds. The van der Waals surface area contributed by atoms with Crippen molar-refractivity contribution in [3.8, 4) is 0 Å². The molecule has 5 heteroatoms. The van der Waals surface area contributed by atoms with Gasteiger partial charge in [0, 0.05) is 31.7 Å². The number of rotatable bonds is 3. The monoisotopic (exact) mass is 382 g/mol. The number of hydrogen-bond donors (Lipinski definition) is 2. The number of nitrogens with zero attached hydrogens (tertiary/aromatic N) is 2. The molecule has 0 aromatic carbocycles. The molecule has 0 spiro atoms. The summed E-state index contributed by atoms with van der Waals surface area (Å²) in [5, 5.41) is 6.77. The van der Waals surface area contributed by atoms with Crippen molar-refractivity contribution in [2.75, 3.05) is 26.7 Å². The van der Waals surface area contributed by atoms with E-state index in [2.05, 4.69) is 48.2 Å². The molecule has 0 aromatic heterocycles. The van der Waals surface area contributed by atoms with E-state index in [1.54, 1.807) is 0 Å². The van der Waals surface area contributed by atoms with Crippen LogP contribution >= 0.6 is 24.0 Å². The van der Waals surface area contributed by atoms with Crippen LogP contribution in [0.5, 0.6) is 0 Å². The summed E-state index contributed by atoms with van der Waals surface area (Å²) < 4.78 is 0. The van der Waals surface area contributed by atoms with Crippen LogP contribution < -0.4 is 10.6 Å². The van der Waals surface area contributed by atoms with Crippen molar-refractivity contribution >= 4 is 29.9 Å². The van der Waals surface area contributed by atoms with E-state index < -0.39 is 0 Å². The van der Waals surface area contributed by atoms with Gasteiger partial charge in [0.15, 0.2) is 5.96 Å². The average Bonchev–Trinajstić information content (AvgIpc) is 2.28. The second-order valence-electron chi connectivity index (χ2n) is 6.25. The highest BCUT2D eigenvalue weighted by Crippen LogP contribution is 2.15. The summed E-state index contributed by atoms with van der Waals surface area (Å²) in [6.07, 6.45) is 4.08. The summed E-state index contributed by atoms with van der Waals surface area (Å²) in [6.45, 7) is 12.1. The number of piperidine rings is 1. The predicted molar refractivity (Wildman–Crippen MR) is 94.6 cm³/mol. The van der Waals surface area contributed by atoms with Crippen molar-refractivity contribution in [2.24, 2.45) is 4.99 Å². The number of aliphatic imine (C=N–C) groups is 1. The fraction of sp³-hybridized carbons (Fsp3) is 0.929. The molecule has 0 aromatic rings. The molecule has 2 N–H and O–H groups in total. The molecule has 1 saturated heterocycles. The standard InChI is InChI=1S/C14H30N4.HI/c1-12-8-6-7-10-18(12)11-9-16-13(15-5)17-14(2,3)4;/h12H,6-11H2,1-5H3,(H2,15,16,17);1H. The molecule has 0 aliphatic carbocycles. The summed E-state index contributed by atoms with van der Waals surface area (Å²) in [5.74, 6) is 0.896. The van der Waals surface area contributed by atoms with Crippen molar-refractivity contribution in [1.29, 1.82) is 0 Å². The van der Waals surface area contributed by atoms with Gasteiger partial charge in [-0.1, -0.05) is 6.42 Å². The highest BCUT2D eigenvalue weighted by atomic mass is 127. The topological polar surface area (TPSA) is 39.7 Å². The van der Waals surface area contributed by atoms with Gasteiger partial charge in [0.2, 0.25) is 0 Å². The van der Waals surface area contributed by atoms with Crippen LogP contribution in [-0.4, -0.2) is 49.1 Å². The van der Waals surface area contributed by atoms with E-state index in [0.29, 0.717) is 0 Å². The summed E-state index contributed by atoms with van der Waals surface area (Å²) in [6, 6.07) is 0.734. The highest BCUT2D eigenvalue weighted by molar-refractivity contribution is 14.0. The minimum atomic E-state index is 0. The second-order valence-corrected chi connectivity index (χ2v) is 6.25. The molecule has 1 fully saturated rings. The minimum Gasteiger partial charge on any atom is -0.355 e. The second kappa shape index (κ2) is 9.00. The highest BCUT2D eigenvalue weighted by Gasteiger charge is 2.17. The fourth-order valence-corrected chi connectivity index (χ4v) is 2.34. The maximum atomic E-state index is 4.25. The van der Waals surface area contributed by atoms with Gasteiger partial charge in [-0.3, -0.25) is 9.89 Å². The van der Waals surface area contributed by atoms with Crippen LogP contribution in [0.25, 0.3) is 0 Å². The Bertz CT molecular complexity index is 273. The number of guanidine groups is 1. The van der Waals surface area contributed by atoms with Gasteiger partial charge in [0.25, 0.3) is 0 Å². The van der Waals surface area contributed by atoms with Gasteiger partial charge in [0.05, 0.1) is 0 Å². The van der Waals surface area contributed by atoms with Crippen LogP contribution in [0.15, 0.2) is 4.99 Å². The van der Waals surface area contributed by atoms with Crippen LogP contribution in [0.4, 0.5) is 0 Å². The lowest BCUT2D eigenvalue weighted by Crippen LogP contribution is -2.50. The van der Waals surface area contributed by atoms with E-state index in [1.807, 2.05) is 7.05 Å². The first-order valence-corrected chi connectivity index (χ1v) is 7.15. The smallest absolute Gasteiger partial charge is 0.191 e. The number of nitrogens with one attached hydrogen (secondary N) is 2. The molecule has 0 bridgehead atoms. The first-order valence-electron chi connectivity index (χ1n) is 7.15. The van der Waals surface area contributed by atoms with E-state index in [4.69, 9.17) is 0 Å². The third kappa shape index (κ3) is 7.97. The molecule has 1 unspecified atom stereocenters. The Morgan fingerprint density at radius 3 is 2.53 bits per heavy atom. The molecule has 19 heavy (non-hydrogen) atoms. The van der Waals surface area contributed by atoms with Crippen molar-refractivity contribution < 1.29 is 0 Å². The third-order valence-electron chi connectivity index (χ3n) is 3.35. The minimum absolute atomic E-state index is 0. The zero-order valence-corrected chi connectivity index (χ0v) is 15.5. The summed E-state index contributed by atoms with van der Waals surface area (Å²) in [7, 11) is 1.82. The first kappa shape index (κ1) is 19.0. The molecule has 4 nitrogen and oxygen atoms in total. The van der Waals surface area contributed by atoms with Crippen LogP contribution in [-0.2, 0) is 0 Å². The van der Waals surface area contributed by atoms with Gasteiger partial charge < -0.3 is 10.6 Å². The van der Waals surface area contributed by atoms with Gasteiger partial charge >= 0.3 is 0 Å². The van der Waals surface area contributed by atoms with E-state index in [9.17, 15) is 0 Å². The zero-order valence-electron chi connectivity index (χ0n) is 13.1. The number of halogens is 1. The lowest BCUT2D eigenvalue weighted by atomic mass is 10.0. The Kier molecular flexibility index (Phi) is 8.98. The van der Waals surface area contributed by atoms with Crippen LogP contribution in [0.3, 0.4) is 0 Å². The average molecular weight is 382 g/mol. The summed E-state index contributed by atoms with van der Waals surface area (Å²) in [4.78, 5) is 6.82. The molecular weight excluding hydrogens is 351 g/mol. The molecule has 0 saturated carbocycles. The molecule has 0 radical (unpaired) electrons. The third-order valence-corrected chi connectivity index (χ3v) is 3.35. The molecule has 1 aliphatic heterocycles. The Labute approximate surface area is 135 Å². The number of likely N-dealkylation sites (tertiary alicyclic amines) is 1. The first-order chi connectivity index (χ1) is 8.42. The maximum Gasteiger partial charge on any atom is 0.191 e. The van der Waals surface area contributed by atoms with Gasteiger partial charge in [0.1, 0.15) is 0 Å². The molecule has 1 heterocycles. The van der Waals surface area contributed by atoms with Crippen molar-refractivity contribution in [1.82, 2.24) is 15.5 Å². The lowest BCUT2D eigenvalue weighted by Gasteiger charge is -2.33. The van der Waals surface area contributed by atoms with E-state index >= 15 is 0 Å². The number of hydrogen-bond acceptors (Lipinski definition) is 2. The molecular formula is C14H31IN4. The Balaban J connectivity index is 0.00000324. The van der Waals surface area contributed by atoms with Gasteiger partial charge in [-0.15, -0.1) is 24.0 Å².